The zero-order valence-corrected chi connectivity index (χ0v) is 6.78. The predicted octanol–water partition coefficient (Wildman–Crippen LogP) is 0.317. The van der Waals surface area contributed by atoms with Crippen molar-refractivity contribution in [2.24, 2.45) is 0 Å². The Labute approximate surface area is 120 Å². The van der Waals surface area contributed by atoms with Crippen LogP contribution in [0, 0.1) is 0 Å². The first-order valence-electron chi connectivity index (χ1n) is 3.56. The van der Waals surface area contributed by atoms with Gasteiger partial charge in [-0.05, 0) is 17.7 Å². The van der Waals surface area contributed by atoms with E-state index in [9.17, 15) is 4.79 Å². The quantitative estimate of drug-likeness (QED) is 0.560. The number of aliphatic hydroxyl groups is 1. The van der Waals surface area contributed by atoms with E-state index in [0.29, 0.717) is 5.56 Å². The van der Waals surface area contributed by atoms with Crippen LogP contribution in [0.15, 0.2) is 24.3 Å². The zero-order chi connectivity index (χ0) is 8.97. The number of hydrogen-bond acceptors (Lipinski definition) is 3. The molecule has 0 radical (unpaired) electrons. The standard InChI is InChI=1S/C9H10O3.K.H/c1-12-9(11)8-4-2-7(6-10)3-5-8;;/h2-5,10H,6H2,1H3;;. The molecule has 0 aliphatic heterocycles. The number of esters is 1. The molecule has 0 aliphatic carbocycles. The monoisotopic (exact) mass is 206 g/mol. The van der Waals surface area contributed by atoms with E-state index >= 15 is 0 Å². The minimum absolute atomic E-state index is 0. The van der Waals surface area contributed by atoms with Gasteiger partial charge in [-0.3, -0.25) is 0 Å². The third-order valence-electron chi connectivity index (χ3n) is 1.56. The fourth-order valence-corrected chi connectivity index (χ4v) is 0.864. The summed E-state index contributed by atoms with van der Waals surface area (Å²) in [5.41, 5.74) is 1.28. The Morgan fingerprint density at radius 3 is 2.31 bits per heavy atom. The fraction of sp³-hybridized carbons (Fsp3) is 0.222. The Morgan fingerprint density at radius 2 is 1.92 bits per heavy atom. The van der Waals surface area contributed by atoms with Crippen LogP contribution >= 0.6 is 0 Å². The minimum atomic E-state index is -0.362. The van der Waals surface area contributed by atoms with Crippen LogP contribution in [0.3, 0.4) is 0 Å². The Hall–Kier alpha value is 0.286. The molecule has 0 aliphatic rings. The van der Waals surface area contributed by atoms with E-state index < -0.39 is 0 Å². The van der Waals surface area contributed by atoms with Crippen molar-refractivity contribution in [3.63, 3.8) is 0 Å². The van der Waals surface area contributed by atoms with Gasteiger partial charge in [-0.15, -0.1) is 0 Å². The number of carbonyl (C=O) groups is 1. The molecule has 3 nitrogen and oxygen atoms in total. The Morgan fingerprint density at radius 1 is 1.38 bits per heavy atom. The van der Waals surface area contributed by atoms with Gasteiger partial charge < -0.3 is 9.84 Å². The van der Waals surface area contributed by atoms with Gasteiger partial charge in [0.15, 0.2) is 0 Å². The van der Waals surface area contributed by atoms with E-state index in [1.165, 1.54) is 7.11 Å². The van der Waals surface area contributed by atoms with Gasteiger partial charge in [-0.25, -0.2) is 4.79 Å². The van der Waals surface area contributed by atoms with Crippen LogP contribution in [0.5, 0.6) is 0 Å². The fourth-order valence-electron chi connectivity index (χ4n) is 0.864. The molecule has 1 aromatic rings. The Kier molecular flexibility index (Phi) is 6.85. The van der Waals surface area contributed by atoms with Crippen molar-refractivity contribution in [3.8, 4) is 0 Å². The molecule has 1 aromatic carbocycles. The first kappa shape index (κ1) is 13.3. The molecular formula is C9H11KO3. The van der Waals surface area contributed by atoms with Crippen molar-refractivity contribution < 1.29 is 14.6 Å². The molecule has 0 atom stereocenters. The van der Waals surface area contributed by atoms with Crippen LogP contribution in [0.2, 0.25) is 0 Å². The van der Waals surface area contributed by atoms with Gasteiger partial charge in [0.2, 0.25) is 0 Å². The zero-order valence-electron chi connectivity index (χ0n) is 6.78. The second-order valence-electron chi connectivity index (χ2n) is 2.35. The van der Waals surface area contributed by atoms with E-state index in [0.717, 1.165) is 5.56 Å². The first-order chi connectivity index (χ1) is 5.77. The van der Waals surface area contributed by atoms with Crippen LogP contribution < -0.4 is 0 Å². The number of ether oxygens (including phenoxy) is 1. The van der Waals surface area contributed by atoms with Gasteiger partial charge in [-0.1, -0.05) is 12.1 Å². The number of benzene rings is 1. The number of aliphatic hydroxyl groups excluding tert-OH is 1. The summed E-state index contributed by atoms with van der Waals surface area (Å²) in [6, 6.07) is 6.62. The molecule has 66 valence electrons. The molecule has 1 N–H and O–H groups in total. The molecule has 0 saturated carbocycles. The van der Waals surface area contributed by atoms with Crippen molar-refractivity contribution in [2.75, 3.05) is 7.11 Å². The molecule has 0 spiro atoms. The van der Waals surface area contributed by atoms with Gasteiger partial charge in [-0.2, -0.15) is 0 Å². The third-order valence-corrected chi connectivity index (χ3v) is 1.56. The molecule has 0 amide bonds. The summed E-state index contributed by atoms with van der Waals surface area (Å²) < 4.78 is 4.51. The Bertz CT molecular complexity index is 269. The van der Waals surface area contributed by atoms with Crippen LogP contribution in [0.4, 0.5) is 0 Å². The van der Waals surface area contributed by atoms with Crippen LogP contribution in [-0.2, 0) is 11.3 Å². The van der Waals surface area contributed by atoms with Gasteiger partial charge in [0.1, 0.15) is 0 Å². The molecule has 0 fully saturated rings. The summed E-state index contributed by atoms with van der Waals surface area (Å²) in [6.07, 6.45) is 0. The topological polar surface area (TPSA) is 46.5 Å². The summed E-state index contributed by atoms with van der Waals surface area (Å²) in [5.74, 6) is -0.362. The average Bonchev–Trinajstić information content (AvgIpc) is 2.17. The van der Waals surface area contributed by atoms with Crippen molar-refractivity contribution >= 4 is 57.4 Å². The second kappa shape index (κ2) is 6.70. The van der Waals surface area contributed by atoms with Crippen LogP contribution in [0.25, 0.3) is 0 Å². The summed E-state index contributed by atoms with van der Waals surface area (Å²) in [4.78, 5) is 10.9. The summed E-state index contributed by atoms with van der Waals surface area (Å²) in [6.45, 7) is -0.0124. The van der Waals surface area contributed by atoms with Crippen molar-refractivity contribution in [1.29, 1.82) is 0 Å². The molecule has 0 heterocycles. The van der Waals surface area contributed by atoms with E-state index in [2.05, 4.69) is 4.74 Å². The molecule has 4 heteroatoms. The first-order valence-corrected chi connectivity index (χ1v) is 3.56. The SMILES string of the molecule is COC(=O)c1ccc(CO)cc1.[KH]. The Balaban J connectivity index is 0.00000144. The second-order valence-corrected chi connectivity index (χ2v) is 2.35. The number of carbonyl (C=O) groups excluding carboxylic acids is 1. The summed E-state index contributed by atoms with van der Waals surface area (Å²) >= 11 is 0. The number of rotatable bonds is 2. The number of hydrogen-bond donors (Lipinski definition) is 1. The van der Waals surface area contributed by atoms with Gasteiger partial charge >= 0.3 is 57.4 Å². The van der Waals surface area contributed by atoms with E-state index in [4.69, 9.17) is 5.11 Å². The molecule has 1 rings (SSSR count). The number of methoxy groups -OCH3 is 1. The van der Waals surface area contributed by atoms with E-state index in [1.54, 1.807) is 24.3 Å². The van der Waals surface area contributed by atoms with Gasteiger partial charge in [0, 0.05) is 0 Å². The maximum absolute atomic E-state index is 10.9. The molecule has 0 saturated heterocycles. The molecule has 0 bridgehead atoms. The van der Waals surface area contributed by atoms with Gasteiger partial charge in [0.05, 0.1) is 19.3 Å². The van der Waals surface area contributed by atoms with Crippen LogP contribution in [-0.4, -0.2) is 69.6 Å². The summed E-state index contributed by atoms with van der Waals surface area (Å²) in [7, 11) is 1.34. The van der Waals surface area contributed by atoms with Crippen molar-refractivity contribution in [3.05, 3.63) is 35.4 Å². The summed E-state index contributed by atoms with van der Waals surface area (Å²) in [5, 5.41) is 8.71. The normalized spacial score (nSPS) is 8.77. The molecule has 0 unspecified atom stereocenters. The van der Waals surface area contributed by atoms with Crippen molar-refractivity contribution in [1.82, 2.24) is 0 Å². The predicted molar refractivity (Wildman–Crippen MR) is 50.9 cm³/mol. The van der Waals surface area contributed by atoms with E-state index in [-0.39, 0.29) is 64.0 Å². The van der Waals surface area contributed by atoms with Gasteiger partial charge in [0.25, 0.3) is 0 Å². The molecule has 13 heavy (non-hydrogen) atoms. The average molecular weight is 206 g/mol. The van der Waals surface area contributed by atoms with Crippen molar-refractivity contribution in [2.45, 2.75) is 6.61 Å². The molecular weight excluding hydrogens is 195 g/mol. The van der Waals surface area contributed by atoms with E-state index in [1.807, 2.05) is 0 Å². The van der Waals surface area contributed by atoms with Crippen LogP contribution in [0.1, 0.15) is 15.9 Å². The molecule has 0 aromatic heterocycles. The maximum atomic E-state index is 10.9. The third kappa shape index (κ3) is 3.89.